The molecule has 2 N–H and O–H groups in total. The van der Waals surface area contributed by atoms with Crippen molar-refractivity contribution in [2.75, 3.05) is 6.54 Å². The third-order valence-electron chi connectivity index (χ3n) is 6.07. The molecule has 3 unspecified atom stereocenters. The Hall–Kier alpha value is -0.0800. The zero-order valence-corrected chi connectivity index (χ0v) is 12.0. The third kappa shape index (κ3) is 2.12. The molecule has 1 aliphatic heterocycles. The van der Waals surface area contributed by atoms with Gasteiger partial charge in [0.15, 0.2) is 0 Å². The van der Waals surface area contributed by atoms with E-state index in [4.69, 9.17) is 5.73 Å². The molecule has 0 radical (unpaired) electrons. The molecule has 3 rings (SSSR count). The molecule has 2 aliphatic carbocycles. The Morgan fingerprint density at radius 2 is 1.78 bits per heavy atom. The summed E-state index contributed by atoms with van der Waals surface area (Å²) >= 11 is 0. The maximum absolute atomic E-state index is 6.25. The Morgan fingerprint density at radius 3 is 2.39 bits per heavy atom. The Labute approximate surface area is 112 Å². The molecular formula is C16H30N2. The fraction of sp³-hybridized carbons (Fsp3) is 1.00. The first-order chi connectivity index (χ1) is 8.73. The number of hydrogen-bond acceptors (Lipinski definition) is 2. The molecule has 18 heavy (non-hydrogen) atoms. The van der Waals surface area contributed by atoms with Crippen molar-refractivity contribution in [3.63, 3.8) is 0 Å². The lowest BCUT2D eigenvalue weighted by molar-refractivity contribution is -0.0835. The quantitative estimate of drug-likeness (QED) is 0.815. The highest BCUT2D eigenvalue weighted by molar-refractivity contribution is 5.05. The van der Waals surface area contributed by atoms with E-state index in [0.717, 1.165) is 6.04 Å². The molecule has 1 heterocycles. The predicted octanol–water partition coefficient (Wildman–Crippen LogP) is 3.30. The molecule has 0 bridgehead atoms. The van der Waals surface area contributed by atoms with Gasteiger partial charge in [-0.25, -0.2) is 0 Å². The smallest absolute Gasteiger partial charge is 0.0247 e. The van der Waals surface area contributed by atoms with Crippen LogP contribution in [0.2, 0.25) is 0 Å². The van der Waals surface area contributed by atoms with Crippen LogP contribution in [0.5, 0.6) is 0 Å². The summed E-state index contributed by atoms with van der Waals surface area (Å²) in [7, 11) is 0. The van der Waals surface area contributed by atoms with Gasteiger partial charge in [0.25, 0.3) is 0 Å². The number of hydrogen-bond donors (Lipinski definition) is 1. The van der Waals surface area contributed by atoms with E-state index in [9.17, 15) is 0 Å². The van der Waals surface area contributed by atoms with Crippen molar-refractivity contribution < 1.29 is 0 Å². The summed E-state index contributed by atoms with van der Waals surface area (Å²) in [5.74, 6) is 0. The molecule has 2 heteroatoms. The average molecular weight is 250 g/mol. The zero-order valence-electron chi connectivity index (χ0n) is 12.0. The van der Waals surface area contributed by atoms with Gasteiger partial charge in [-0.15, -0.1) is 0 Å². The van der Waals surface area contributed by atoms with E-state index in [-0.39, 0.29) is 0 Å². The summed E-state index contributed by atoms with van der Waals surface area (Å²) in [6.45, 7) is 3.54. The van der Waals surface area contributed by atoms with Crippen LogP contribution in [0.4, 0.5) is 0 Å². The second-order valence-electron chi connectivity index (χ2n) is 7.14. The standard InChI is InChI=1S/C16H30N2/c1-13(17)14-7-3-6-12-18(14)15-8-11-16(15)9-4-2-5-10-16/h13-15H,2-12,17H2,1H3. The van der Waals surface area contributed by atoms with Gasteiger partial charge in [0, 0.05) is 18.1 Å². The van der Waals surface area contributed by atoms with Crippen LogP contribution >= 0.6 is 0 Å². The largest absolute Gasteiger partial charge is 0.327 e. The fourth-order valence-corrected chi connectivity index (χ4v) is 4.97. The topological polar surface area (TPSA) is 29.3 Å². The Balaban J connectivity index is 1.72. The first-order valence-corrected chi connectivity index (χ1v) is 8.24. The molecule has 0 aromatic rings. The molecule has 2 nitrogen and oxygen atoms in total. The van der Waals surface area contributed by atoms with Gasteiger partial charge < -0.3 is 5.73 Å². The van der Waals surface area contributed by atoms with E-state index in [1.54, 1.807) is 0 Å². The number of nitrogens with two attached hydrogens (primary N) is 1. The summed E-state index contributed by atoms with van der Waals surface area (Å²) in [6.07, 6.45) is 14.5. The molecule has 2 saturated carbocycles. The first kappa shape index (κ1) is 12.9. The highest BCUT2D eigenvalue weighted by Crippen LogP contribution is 2.54. The minimum absolute atomic E-state index is 0.353. The van der Waals surface area contributed by atoms with Crippen molar-refractivity contribution in [3.05, 3.63) is 0 Å². The Kier molecular flexibility index (Phi) is 3.68. The van der Waals surface area contributed by atoms with Crippen molar-refractivity contribution in [2.45, 2.75) is 89.3 Å². The second kappa shape index (κ2) is 5.13. The van der Waals surface area contributed by atoms with Gasteiger partial charge in [0.05, 0.1) is 0 Å². The average Bonchev–Trinajstić information content (AvgIpc) is 2.39. The lowest BCUT2D eigenvalue weighted by Crippen LogP contribution is -2.62. The summed E-state index contributed by atoms with van der Waals surface area (Å²) in [6, 6.07) is 1.91. The molecule has 3 atom stereocenters. The molecule has 3 aliphatic rings. The van der Waals surface area contributed by atoms with E-state index in [0.29, 0.717) is 17.5 Å². The normalized spacial score (nSPS) is 38.3. The molecule has 104 valence electrons. The summed E-state index contributed by atoms with van der Waals surface area (Å²) < 4.78 is 0. The van der Waals surface area contributed by atoms with Crippen molar-refractivity contribution in [1.29, 1.82) is 0 Å². The summed E-state index contributed by atoms with van der Waals surface area (Å²) in [4.78, 5) is 2.84. The van der Waals surface area contributed by atoms with Gasteiger partial charge >= 0.3 is 0 Å². The third-order valence-corrected chi connectivity index (χ3v) is 6.07. The molecule has 0 aromatic heterocycles. The van der Waals surface area contributed by atoms with Crippen LogP contribution in [0.15, 0.2) is 0 Å². The number of nitrogens with zero attached hydrogens (tertiary/aromatic N) is 1. The predicted molar refractivity (Wildman–Crippen MR) is 76.5 cm³/mol. The molecule has 1 saturated heterocycles. The van der Waals surface area contributed by atoms with Crippen LogP contribution in [-0.4, -0.2) is 29.6 Å². The van der Waals surface area contributed by atoms with E-state index in [1.807, 2.05) is 0 Å². The van der Waals surface area contributed by atoms with Crippen LogP contribution in [-0.2, 0) is 0 Å². The molecular weight excluding hydrogens is 220 g/mol. The van der Waals surface area contributed by atoms with Crippen molar-refractivity contribution >= 4 is 0 Å². The lowest BCUT2D eigenvalue weighted by atomic mass is 9.56. The Morgan fingerprint density at radius 1 is 1.00 bits per heavy atom. The first-order valence-electron chi connectivity index (χ1n) is 8.24. The number of piperidine rings is 1. The van der Waals surface area contributed by atoms with Gasteiger partial charge in [-0.2, -0.15) is 0 Å². The monoisotopic (exact) mass is 250 g/mol. The van der Waals surface area contributed by atoms with Gasteiger partial charge in [-0.05, 0) is 57.4 Å². The van der Waals surface area contributed by atoms with E-state index in [2.05, 4.69) is 11.8 Å². The van der Waals surface area contributed by atoms with Gasteiger partial charge in [0.2, 0.25) is 0 Å². The van der Waals surface area contributed by atoms with Crippen LogP contribution < -0.4 is 5.73 Å². The van der Waals surface area contributed by atoms with Gasteiger partial charge in [0.1, 0.15) is 0 Å². The SMILES string of the molecule is CC(N)C1CCCCN1C1CCC12CCCCC2. The van der Waals surface area contributed by atoms with Crippen LogP contribution in [0.25, 0.3) is 0 Å². The second-order valence-corrected chi connectivity index (χ2v) is 7.14. The van der Waals surface area contributed by atoms with Crippen molar-refractivity contribution in [1.82, 2.24) is 4.90 Å². The van der Waals surface area contributed by atoms with Crippen LogP contribution in [0.3, 0.4) is 0 Å². The minimum atomic E-state index is 0.353. The molecule has 0 aromatic carbocycles. The highest BCUT2D eigenvalue weighted by atomic mass is 15.2. The van der Waals surface area contributed by atoms with Crippen molar-refractivity contribution in [3.8, 4) is 0 Å². The van der Waals surface area contributed by atoms with E-state index < -0.39 is 0 Å². The van der Waals surface area contributed by atoms with Crippen LogP contribution in [0, 0.1) is 5.41 Å². The number of rotatable bonds is 2. The maximum atomic E-state index is 6.25. The van der Waals surface area contributed by atoms with E-state index >= 15 is 0 Å². The summed E-state index contributed by atoms with van der Waals surface area (Å²) in [5.41, 5.74) is 6.96. The minimum Gasteiger partial charge on any atom is -0.327 e. The summed E-state index contributed by atoms with van der Waals surface area (Å²) in [5, 5.41) is 0. The highest BCUT2D eigenvalue weighted by Gasteiger charge is 2.51. The van der Waals surface area contributed by atoms with Gasteiger partial charge in [-0.3, -0.25) is 4.90 Å². The molecule has 1 spiro atoms. The number of likely N-dealkylation sites (tertiary alicyclic amines) is 1. The van der Waals surface area contributed by atoms with Crippen molar-refractivity contribution in [2.24, 2.45) is 11.1 Å². The molecule has 3 fully saturated rings. The molecule has 0 amide bonds. The maximum Gasteiger partial charge on any atom is 0.0247 e. The van der Waals surface area contributed by atoms with E-state index in [1.165, 1.54) is 70.8 Å². The zero-order chi connectivity index (χ0) is 12.6. The van der Waals surface area contributed by atoms with Crippen LogP contribution in [0.1, 0.15) is 71.1 Å². The van der Waals surface area contributed by atoms with Gasteiger partial charge in [-0.1, -0.05) is 25.7 Å². The Bertz CT molecular complexity index is 281. The lowest BCUT2D eigenvalue weighted by Gasteiger charge is -2.59. The fourth-order valence-electron chi connectivity index (χ4n) is 4.97.